The van der Waals surface area contributed by atoms with Gasteiger partial charge in [0.05, 0.1) is 16.8 Å². The lowest BCUT2D eigenvalue weighted by molar-refractivity contribution is 0.668. The Morgan fingerprint density at radius 2 is 1.00 bits per heavy atom. The van der Waals surface area contributed by atoms with Crippen LogP contribution in [0.3, 0.4) is 0 Å². The van der Waals surface area contributed by atoms with E-state index in [1.165, 1.54) is 101 Å². The summed E-state index contributed by atoms with van der Waals surface area (Å²) in [5.41, 5.74) is 23.5. The third-order valence-electron chi connectivity index (χ3n) is 12.8. The van der Waals surface area contributed by atoms with E-state index >= 15 is 0 Å². The largest absolute Gasteiger partial charge is 0.310 e. The van der Waals surface area contributed by atoms with Gasteiger partial charge < -0.3 is 4.90 Å². The highest BCUT2D eigenvalue weighted by Gasteiger charge is 2.51. The molecule has 0 radical (unpaired) electrons. The van der Waals surface area contributed by atoms with Gasteiger partial charge in [0.2, 0.25) is 0 Å². The molecule has 2 bridgehead atoms. The molecule has 1 aliphatic heterocycles. The second-order valence-corrected chi connectivity index (χ2v) is 15.2. The molecule has 1 heterocycles. The molecule has 53 heavy (non-hydrogen) atoms. The first-order valence-electron chi connectivity index (χ1n) is 18.9. The van der Waals surface area contributed by atoms with Crippen LogP contribution in [0.15, 0.2) is 182 Å². The van der Waals surface area contributed by atoms with Crippen molar-refractivity contribution in [3.8, 4) is 44.5 Å². The number of nitrogens with zero attached hydrogens (tertiary/aromatic N) is 1. The minimum Gasteiger partial charge on any atom is -0.310 e. The highest BCUT2D eigenvalue weighted by Crippen LogP contribution is 2.64. The van der Waals surface area contributed by atoms with E-state index in [9.17, 15) is 0 Å². The van der Waals surface area contributed by atoms with Crippen LogP contribution >= 0.6 is 0 Å². The highest BCUT2D eigenvalue weighted by atomic mass is 15.1. The first kappa shape index (κ1) is 29.2. The molecule has 12 rings (SSSR count). The summed E-state index contributed by atoms with van der Waals surface area (Å²) in [5, 5.41) is 0. The summed E-state index contributed by atoms with van der Waals surface area (Å²) in [6.45, 7) is 2.42. The van der Waals surface area contributed by atoms with E-state index in [4.69, 9.17) is 0 Å². The average molecular weight is 674 g/mol. The van der Waals surface area contributed by atoms with Crippen LogP contribution in [0.5, 0.6) is 0 Å². The predicted octanol–water partition coefficient (Wildman–Crippen LogP) is 13.4. The van der Waals surface area contributed by atoms with Gasteiger partial charge in [-0.3, -0.25) is 0 Å². The van der Waals surface area contributed by atoms with Crippen LogP contribution in [0.25, 0.3) is 44.5 Å². The monoisotopic (exact) mass is 673 g/mol. The van der Waals surface area contributed by atoms with Crippen molar-refractivity contribution in [1.82, 2.24) is 0 Å². The first-order chi connectivity index (χ1) is 26.2. The van der Waals surface area contributed by atoms with Gasteiger partial charge in [0.25, 0.3) is 0 Å². The van der Waals surface area contributed by atoms with E-state index in [1.54, 1.807) is 0 Å². The maximum Gasteiger partial charge on any atom is 0.0725 e. The molecule has 3 aliphatic carbocycles. The molecule has 8 aromatic carbocycles. The maximum absolute atomic E-state index is 2.58. The molecule has 0 saturated carbocycles. The van der Waals surface area contributed by atoms with E-state index in [0.717, 1.165) is 0 Å². The number of fused-ring (bicyclic) bond motifs is 15. The Hall–Kier alpha value is -6.44. The Kier molecular flexibility index (Phi) is 5.81. The molecule has 0 aromatic heterocycles. The molecular weight excluding hydrogens is 639 g/mol. The molecule has 0 saturated heterocycles. The number of anilines is 3. The van der Waals surface area contributed by atoms with Crippen molar-refractivity contribution < 1.29 is 0 Å². The quantitative estimate of drug-likeness (QED) is 0.177. The van der Waals surface area contributed by atoms with Crippen LogP contribution in [-0.2, 0) is 5.41 Å². The van der Waals surface area contributed by atoms with Gasteiger partial charge in [-0.1, -0.05) is 165 Å². The SMILES string of the molecule is CC1c2ccc(-c3ccccc3)c(c2)N(c2ccc3c(c2)-c2ccccc2C32c3ccccc3-c3ccccc32)c2cccc3c2[C@@H]1c1ccccc1-3. The van der Waals surface area contributed by atoms with Gasteiger partial charge in [-0.25, -0.2) is 0 Å². The zero-order valence-electron chi connectivity index (χ0n) is 29.4. The summed E-state index contributed by atoms with van der Waals surface area (Å²) in [6.07, 6.45) is 0. The fraction of sp³-hybridized carbons (Fsp3) is 0.0769. The fourth-order valence-electron chi connectivity index (χ4n) is 10.7. The lowest BCUT2D eigenvalue weighted by Crippen LogP contribution is -2.26. The van der Waals surface area contributed by atoms with Gasteiger partial charge in [0.15, 0.2) is 0 Å². The molecule has 0 amide bonds. The molecule has 1 spiro atoms. The van der Waals surface area contributed by atoms with E-state index in [2.05, 4.69) is 194 Å². The normalized spacial score (nSPS) is 17.3. The van der Waals surface area contributed by atoms with Gasteiger partial charge in [-0.05, 0) is 108 Å². The molecule has 1 heteroatoms. The smallest absolute Gasteiger partial charge is 0.0725 e. The molecule has 248 valence electrons. The molecule has 1 nitrogen and oxygen atoms in total. The molecule has 8 aromatic rings. The van der Waals surface area contributed by atoms with Gasteiger partial charge in [0.1, 0.15) is 0 Å². The van der Waals surface area contributed by atoms with Crippen molar-refractivity contribution in [2.75, 3.05) is 4.90 Å². The zero-order valence-corrected chi connectivity index (χ0v) is 29.4. The van der Waals surface area contributed by atoms with Crippen molar-refractivity contribution in [1.29, 1.82) is 0 Å². The first-order valence-corrected chi connectivity index (χ1v) is 18.9. The minimum absolute atomic E-state index is 0.264. The lowest BCUT2D eigenvalue weighted by atomic mass is 9.70. The molecular formula is C52H35N. The Morgan fingerprint density at radius 3 is 1.72 bits per heavy atom. The molecule has 0 fully saturated rings. The Balaban J connectivity index is 1.16. The van der Waals surface area contributed by atoms with Gasteiger partial charge in [-0.15, -0.1) is 0 Å². The van der Waals surface area contributed by atoms with Crippen molar-refractivity contribution in [2.24, 2.45) is 0 Å². The number of rotatable bonds is 2. The number of hydrogen-bond acceptors (Lipinski definition) is 1. The summed E-state index contributed by atoms with van der Waals surface area (Å²) in [7, 11) is 0. The van der Waals surface area contributed by atoms with Gasteiger partial charge >= 0.3 is 0 Å². The minimum atomic E-state index is -0.362. The Labute approximate surface area is 310 Å². The van der Waals surface area contributed by atoms with Crippen LogP contribution in [-0.4, -0.2) is 0 Å². The molecule has 1 unspecified atom stereocenters. The summed E-state index contributed by atoms with van der Waals surface area (Å²) < 4.78 is 0. The van der Waals surface area contributed by atoms with Crippen LogP contribution < -0.4 is 4.90 Å². The summed E-state index contributed by atoms with van der Waals surface area (Å²) in [5.74, 6) is 0.582. The third-order valence-corrected chi connectivity index (χ3v) is 12.8. The van der Waals surface area contributed by atoms with Crippen LogP contribution in [0.4, 0.5) is 17.1 Å². The maximum atomic E-state index is 2.58. The highest BCUT2D eigenvalue weighted by molar-refractivity contribution is 5.99. The summed E-state index contributed by atoms with van der Waals surface area (Å²) >= 11 is 0. The number of hydrogen-bond donors (Lipinski definition) is 0. The van der Waals surface area contributed by atoms with E-state index in [-0.39, 0.29) is 11.3 Å². The predicted molar refractivity (Wildman–Crippen MR) is 219 cm³/mol. The van der Waals surface area contributed by atoms with Crippen molar-refractivity contribution >= 4 is 17.1 Å². The van der Waals surface area contributed by atoms with Crippen LogP contribution in [0, 0.1) is 0 Å². The third kappa shape index (κ3) is 3.67. The Bertz CT molecular complexity index is 2780. The molecule has 4 aliphatic rings. The summed E-state index contributed by atoms with van der Waals surface area (Å²) in [4.78, 5) is 2.58. The van der Waals surface area contributed by atoms with Crippen molar-refractivity contribution in [2.45, 2.75) is 24.2 Å². The van der Waals surface area contributed by atoms with Crippen LogP contribution in [0.1, 0.15) is 57.7 Å². The van der Waals surface area contributed by atoms with Crippen LogP contribution in [0.2, 0.25) is 0 Å². The molecule has 0 N–H and O–H groups in total. The lowest BCUT2D eigenvalue weighted by Gasteiger charge is -2.36. The van der Waals surface area contributed by atoms with Gasteiger partial charge in [-0.2, -0.15) is 0 Å². The second-order valence-electron chi connectivity index (χ2n) is 15.2. The fourth-order valence-corrected chi connectivity index (χ4v) is 10.7. The number of benzene rings is 8. The standard InChI is InChI=1S/C52H35N/c1-32-34-26-28-36(33-14-3-2-4-15-33)49(30-34)53(48-25-13-21-42-37-16-5-6-20-41(37)50(32)51(42)48)35-27-29-47-43(31-35)40-19-9-12-24-46(40)52(47)44-22-10-7-17-38(44)39-18-8-11-23-45(39)52/h2-32,50H,1H3/t32?,50-/m0/s1. The van der Waals surface area contributed by atoms with E-state index < -0.39 is 0 Å². The Morgan fingerprint density at radius 1 is 0.415 bits per heavy atom. The van der Waals surface area contributed by atoms with Crippen molar-refractivity contribution in [3.63, 3.8) is 0 Å². The van der Waals surface area contributed by atoms with Crippen molar-refractivity contribution in [3.05, 3.63) is 221 Å². The van der Waals surface area contributed by atoms with Gasteiger partial charge in [0, 0.05) is 17.2 Å². The summed E-state index contributed by atoms with van der Waals surface area (Å²) in [6, 6.07) is 68.8. The zero-order chi connectivity index (χ0) is 34.8. The van der Waals surface area contributed by atoms with E-state index in [0.29, 0.717) is 5.92 Å². The average Bonchev–Trinajstić information content (AvgIpc) is 3.83. The van der Waals surface area contributed by atoms with E-state index in [1.807, 2.05) is 0 Å². The molecule has 2 atom stereocenters. The second kappa shape index (κ2) is 10.6. The topological polar surface area (TPSA) is 3.24 Å².